The van der Waals surface area contributed by atoms with Gasteiger partial charge >= 0.3 is 0 Å². The molecule has 0 unspecified atom stereocenters. The summed E-state index contributed by atoms with van der Waals surface area (Å²) in [6.45, 7) is 3.53. The molecule has 0 saturated heterocycles. The minimum atomic E-state index is -0.458. The maximum Gasteiger partial charge on any atom is 0.277 e. The number of anilines is 1. The number of nitrogens with zero attached hydrogens (tertiary/aromatic N) is 4. The molecular formula is C26H34N6O3. The summed E-state index contributed by atoms with van der Waals surface area (Å²) in [7, 11) is 1.71. The summed E-state index contributed by atoms with van der Waals surface area (Å²) in [6.07, 6.45) is 16.2. The van der Waals surface area contributed by atoms with Gasteiger partial charge in [0.2, 0.25) is 5.89 Å². The molecule has 2 amide bonds. The fraction of sp³-hybridized carbons (Fsp3) is 0.500. The summed E-state index contributed by atoms with van der Waals surface area (Å²) in [5.41, 5.74) is 3.94. The first-order chi connectivity index (χ1) is 17.0. The Balaban J connectivity index is 1.61. The van der Waals surface area contributed by atoms with E-state index >= 15 is 0 Å². The van der Waals surface area contributed by atoms with E-state index in [9.17, 15) is 9.59 Å². The number of nitrogens with one attached hydrogen (secondary N) is 2. The molecule has 1 aliphatic carbocycles. The zero-order valence-corrected chi connectivity index (χ0v) is 20.6. The van der Waals surface area contributed by atoms with Crippen molar-refractivity contribution in [2.75, 3.05) is 18.4 Å². The van der Waals surface area contributed by atoms with Crippen molar-refractivity contribution in [2.24, 2.45) is 12.0 Å². The quantitative estimate of drug-likeness (QED) is 0.577. The van der Waals surface area contributed by atoms with Gasteiger partial charge in [0, 0.05) is 44.0 Å². The number of aliphatic imine (C=N–C) groups is 1. The highest BCUT2D eigenvalue weighted by Crippen LogP contribution is 2.26. The highest BCUT2D eigenvalue weighted by molar-refractivity contribution is 6.07. The lowest BCUT2D eigenvalue weighted by Gasteiger charge is -2.06. The Kier molecular flexibility index (Phi) is 8.28. The average Bonchev–Trinajstić information content (AvgIpc) is 3.42. The summed E-state index contributed by atoms with van der Waals surface area (Å²) in [5.74, 6) is -0.355. The van der Waals surface area contributed by atoms with Crippen LogP contribution in [0.3, 0.4) is 0 Å². The molecule has 35 heavy (non-hydrogen) atoms. The van der Waals surface area contributed by atoms with Gasteiger partial charge in [0.25, 0.3) is 11.8 Å². The van der Waals surface area contributed by atoms with Crippen LogP contribution < -0.4 is 10.6 Å². The second-order valence-corrected chi connectivity index (χ2v) is 9.07. The largest absolute Gasteiger partial charge is 0.444 e. The second-order valence-electron chi connectivity index (χ2n) is 9.07. The van der Waals surface area contributed by atoms with E-state index in [-0.39, 0.29) is 17.3 Å². The lowest BCUT2D eigenvalue weighted by molar-refractivity contribution is 0.0948. The normalized spacial score (nSPS) is 18.6. The number of aryl methyl sites for hydroxylation is 1. The molecule has 4 bridgehead atoms. The molecule has 2 N–H and O–H groups in total. The number of aromatic nitrogens is 3. The van der Waals surface area contributed by atoms with Crippen LogP contribution in [0.25, 0.3) is 5.57 Å². The maximum atomic E-state index is 12.9. The van der Waals surface area contributed by atoms with Crippen LogP contribution in [-0.4, -0.2) is 45.4 Å². The maximum absolute atomic E-state index is 12.9. The number of carbonyl (C=O) groups is 2. The first-order valence-electron chi connectivity index (χ1n) is 12.5. The molecule has 2 aromatic rings. The first kappa shape index (κ1) is 24.6. The van der Waals surface area contributed by atoms with Gasteiger partial charge in [0.15, 0.2) is 11.4 Å². The molecule has 186 valence electrons. The van der Waals surface area contributed by atoms with E-state index in [0.717, 1.165) is 69.2 Å². The number of fused-ring (bicyclic) bond motifs is 5. The number of oxazole rings is 1. The van der Waals surface area contributed by atoms with E-state index in [1.54, 1.807) is 13.2 Å². The van der Waals surface area contributed by atoms with Crippen LogP contribution in [0.1, 0.15) is 91.6 Å². The van der Waals surface area contributed by atoms with Crippen molar-refractivity contribution in [1.29, 1.82) is 0 Å². The van der Waals surface area contributed by atoms with Crippen molar-refractivity contribution in [1.82, 2.24) is 20.1 Å². The van der Waals surface area contributed by atoms with Gasteiger partial charge < -0.3 is 15.1 Å². The van der Waals surface area contributed by atoms with Gasteiger partial charge in [-0.05, 0) is 31.8 Å². The average molecular weight is 479 g/mol. The third kappa shape index (κ3) is 6.55. The number of carbonyl (C=O) groups excluding carboxylic acids is 2. The van der Waals surface area contributed by atoms with Crippen LogP contribution >= 0.6 is 0 Å². The third-order valence-corrected chi connectivity index (χ3v) is 6.30. The summed E-state index contributed by atoms with van der Waals surface area (Å²) < 4.78 is 7.20. The lowest BCUT2D eigenvalue weighted by Crippen LogP contribution is -2.26. The molecule has 0 radical (unpaired) electrons. The van der Waals surface area contributed by atoms with Crippen molar-refractivity contribution in [3.05, 3.63) is 47.5 Å². The molecule has 3 heterocycles. The Hall–Kier alpha value is -3.49. The van der Waals surface area contributed by atoms with Crippen LogP contribution in [0.5, 0.6) is 0 Å². The van der Waals surface area contributed by atoms with Gasteiger partial charge in [-0.3, -0.25) is 19.3 Å². The number of hydrogen-bond acceptors (Lipinski definition) is 6. The van der Waals surface area contributed by atoms with Gasteiger partial charge in [-0.1, -0.05) is 44.3 Å². The van der Waals surface area contributed by atoms with Crippen LogP contribution in [0.2, 0.25) is 0 Å². The van der Waals surface area contributed by atoms with E-state index in [0.29, 0.717) is 24.5 Å². The molecule has 4 rings (SSSR count). The van der Waals surface area contributed by atoms with Crippen molar-refractivity contribution >= 4 is 28.8 Å². The van der Waals surface area contributed by atoms with Crippen LogP contribution in [0.15, 0.2) is 39.6 Å². The van der Waals surface area contributed by atoms with E-state index in [4.69, 9.17) is 9.41 Å². The van der Waals surface area contributed by atoms with Gasteiger partial charge in [-0.15, -0.1) is 0 Å². The number of hydrogen-bond donors (Lipinski definition) is 2. The standard InChI is InChI=1S/C26H34N6O3/c1-3-18-10-11-19-15-20(14-18)27-12-8-6-4-5-7-9-13-28-25(34)23-21(16-32(2)31-23)29-24(33)22-17-35-26(19)30-22/h10,15-17H,3-9,11-14H2,1-2H3,(H,28,34)(H,29,33). The minimum absolute atomic E-state index is 0.143. The van der Waals surface area contributed by atoms with Crippen molar-refractivity contribution in [3.8, 4) is 0 Å². The fourth-order valence-corrected chi connectivity index (χ4v) is 4.30. The molecule has 2 aromatic heterocycles. The summed E-state index contributed by atoms with van der Waals surface area (Å²) >= 11 is 0. The number of rotatable bonds is 1. The fourth-order valence-electron chi connectivity index (χ4n) is 4.30. The molecule has 0 spiro atoms. The van der Waals surface area contributed by atoms with E-state index in [1.165, 1.54) is 16.5 Å². The third-order valence-electron chi connectivity index (χ3n) is 6.30. The Morgan fingerprint density at radius 2 is 1.89 bits per heavy atom. The molecule has 0 fully saturated rings. The van der Waals surface area contributed by atoms with Crippen LogP contribution in [0.4, 0.5) is 5.69 Å². The highest BCUT2D eigenvalue weighted by atomic mass is 16.3. The molecule has 0 saturated carbocycles. The summed E-state index contributed by atoms with van der Waals surface area (Å²) in [6, 6.07) is 0. The second kappa shape index (κ2) is 11.8. The highest BCUT2D eigenvalue weighted by Gasteiger charge is 2.21. The molecule has 9 nitrogen and oxygen atoms in total. The van der Waals surface area contributed by atoms with Crippen molar-refractivity contribution in [2.45, 2.75) is 64.7 Å². The van der Waals surface area contributed by atoms with Gasteiger partial charge in [-0.25, -0.2) is 4.98 Å². The van der Waals surface area contributed by atoms with Gasteiger partial charge in [-0.2, -0.15) is 5.10 Å². The zero-order chi connectivity index (χ0) is 24.6. The van der Waals surface area contributed by atoms with E-state index < -0.39 is 5.91 Å². The smallest absolute Gasteiger partial charge is 0.277 e. The van der Waals surface area contributed by atoms with Crippen LogP contribution in [0, 0.1) is 0 Å². The lowest BCUT2D eigenvalue weighted by atomic mass is 10.1. The van der Waals surface area contributed by atoms with E-state index in [1.807, 2.05) is 0 Å². The topological polar surface area (TPSA) is 114 Å². The predicted molar refractivity (Wildman–Crippen MR) is 136 cm³/mol. The van der Waals surface area contributed by atoms with Crippen molar-refractivity contribution < 1.29 is 14.0 Å². The summed E-state index contributed by atoms with van der Waals surface area (Å²) in [4.78, 5) is 34.9. The van der Waals surface area contributed by atoms with Gasteiger partial charge in [0.05, 0.1) is 5.69 Å². The Labute approximate surface area is 205 Å². The van der Waals surface area contributed by atoms with Gasteiger partial charge in [0.1, 0.15) is 6.26 Å². The minimum Gasteiger partial charge on any atom is -0.444 e. The Morgan fingerprint density at radius 3 is 2.71 bits per heavy atom. The molecule has 1 aliphatic heterocycles. The first-order valence-corrected chi connectivity index (χ1v) is 12.5. The Morgan fingerprint density at radius 1 is 1.09 bits per heavy atom. The van der Waals surface area contributed by atoms with Crippen LogP contribution in [-0.2, 0) is 7.05 Å². The zero-order valence-electron chi connectivity index (χ0n) is 20.6. The molecule has 2 aliphatic rings. The molecule has 9 heteroatoms. The summed E-state index contributed by atoms with van der Waals surface area (Å²) in [5, 5.41) is 9.90. The van der Waals surface area contributed by atoms with Crippen molar-refractivity contribution in [3.63, 3.8) is 0 Å². The SMILES string of the molecule is CCC1=CCC2=CC(=NCCCCCCCCNC(=O)c3nn(C)cc3NC(=O)c3coc2n3)C1. The monoisotopic (exact) mass is 478 g/mol. The molecule has 0 atom stereocenters. The molecule has 0 aromatic carbocycles. The number of amides is 2. The number of allylic oxidation sites excluding steroid dienone is 4. The van der Waals surface area contributed by atoms with E-state index in [2.05, 4.69) is 39.8 Å². The Bertz CT molecular complexity index is 1150. The predicted octanol–water partition coefficient (Wildman–Crippen LogP) is 4.70. The molecular weight excluding hydrogens is 444 g/mol.